The van der Waals surface area contributed by atoms with Gasteiger partial charge in [-0.15, -0.1) is 0 Å². The molecule has 0 aromatic carbocycles. The predicted molar refractivity (Wildman–Crippen MR) is 39.1 cm³/mol. The van der Waals surface area contributed by atoms with Crippen molar-refractivity contribution in [2.75, 3.05) is 6.61 Å². The van der Waals surface area contributed by atoms with Gasteiger partial charge in [-0.25, -0.2) is 0 Å². The van der Waals surface area contributed by atoms with Gasteiger partial charge in [0.2, 0.25) is 5.12 Å². The predicted octanol–water partition coefficient (Wildman–Crippen LogP) is 1.85. The van der Waals surface area contributed by atoms with Gasteiger partial charge in [0.1, 0.15) is 0 Å². The van der Waals surface area contributed by atoms with Gasteiger partial charge in [0.05, 0.1) is 18.6 Å². The van der Waals surface area contributed by atoms with Gasteiger partial charge in [0.25, 0.3) is 0 Å². The Bertz CT molecular complexity index is 91.1. The van der Waals surface area contributed by atoms with Crippen LogP contribution in [-0.2, 0) is 8.98 Å². The van der Waals surface area contributed by atoms with Crippen LogP contribution in [0, 0.1) is 5.92 Å². The molecule has 0 saturated carbocycles. The first-order chi connectivity index (χ1) is 4.13. The Balaban J connectivity index is 3.01. The van der Waals surface area contributed by atoms with Crippen molar-refractivity contribution in [2.24, 2.45) is 5.92 Å². The molecule has 54 valence electrons. The highest BCUT2D eigenvalue weighted by atomic mass is 32.2. The monoisotopic (exact) mass is 148 g/mol. The summed E-state index contributed by atoms with van der Waals surface area (Å²) in [5.74, 6) is 0.497. The van der Waals surface area contributed by atoms with Gasteiger partial charge in [-0.05, 0) is 5.92 Å². The van der Waals surface area contributed by atoms with E-state index in [1.807, 2.05) is 13.8 Å². The number of carbonyl (C=O) groups excluding carboxylic acids is 1. The van der Waals surface area contributed by atoms with E-state index in [4.69, 9.17) is 4.18 Å². The van der Waals surface area contributed by atoms with Crippen molar-refractivity contribution in [2.45, 2.75) is 20.8 Å². The van der Waals surface area contributed by atoms with Crippen LogP contribution >= 0.6 is 12.0 Å². The first kappa shape index (κ1) is 8.98. The second-order valence-electron chi connectivity index (χ2n) is 2.25. The maximum atomic E-state index is 10.3. The van der Waals surface area contributed by atoms with E-state index in [0.29, 0.717) is 12.5 Å². The average molecular weight is 148 g/mol. The largest absolute Gasteiger partial charge is 0.308 e. The summed E-state index contributed by atoms with van der Waals surface area (Å²) >= 11 is 0.921. The Hall–Kier alpha value is -0.0200. The van der Waals surface area contributed by atoms with Gasteiger partial charge in [0, 0.05) is 6.92 Å². The number of carbonyl (C=O) groups is 1. The Morgan fingerprint density at radius 2 is 2.22 bits per heavy atom. The smallest absolute Gasteiger partial charge is 0.212 e. The molecule has 0 saturated heterocycles. The first-order valence-electron chi connectivity index (χ1n) is 2.93. The standard InChI is InChI=1S/C6H12O2S/c1-5(2)4-8-9-6(3)7/h5H,4H2,1-3H3. The maximum Gasteiger partial charge on any atom is 0.212 e. The lowest BCUT2D eigenvalue weighted by Gasteiger charge is -2.01. The minimum atomic E-state index is 0.00986. The van der Waals surface area contributed by atoms with Crippen molar-refractivity contribution >= 4 is 17.2 Å². The summed E-state index contributed by atoms with van der Waals surface area (Å²) in [6.45, 7) is 6.22. The highest BCUT2D eigenvalue weighted by Gasteiger charge is 1.96. The van der Waals surface area contributed by atoms with E-state index in [0.717, 1.165) is 12.0 Å². The molecule has 0 fully saturated rings. The Morgan fingerprint density at radius 1 is 1.67 bits per heavy atom. The van der Waals surface area contributed by atoms with Gasteiger partial charge in [-0.2, -0.15) is 0 Å². The average Bonchev–Trinajstić information content (AvgIpc) is 1.63. The normalized spacial score (nSPS) is 10.2. The zero-order valence-electron chi connectivity index (χ0n) is 6.01. The summed E-state index contributed by atoms with van der Waals surface area (Å²) in [7, 11) is 0. The SMILES string of the molecule is CC(=O)SOCC(C)C. The quantitative estimate of drug-likeness (QED) is 0.571. The van der Waals surface area contributed by atoms with E-state index in [-0.39, 0.29) is 5.12 Å². The second-order valence-corrected chi connectivity index (χ2v) is 3.23. The molecule has 0 amide bonds. The van der Waals surface area contributed by atoms with E-state index >= 15 is 0 Å². The van der Waals surface area contributed by atoms with Crippen LogP contribution < -0.4 is 0 Å². The molecule has 0 aliphatic heterocycles. The van der Waals surface area contributed by atoms with Crippen LogP contribution in [0.5, 0.6) is 0 Å². The van der Waals surface area contributed by atoms with Crippen LogP contribution in [0.3, 0.4) is 0 Å². The van der Waals surface area contributed by atoms with E-state index in [2.05, 4.69) is 0 Å². The third kappa shape index (κ3) is 7.98. The summed E-state index contributed by atoms with van der Waals surface area (Å²) in [5, 5.41) is 0.00986. The fourth-order valence-corrected chi connectivity index (χ4v) is 0.759. The molecule has 0 aromatic heterocycles. The molecule has 0 aliphatic carbocycles. The molecule has 0 atom stereocenters. The van der Waals surface area contributed by atoms with Crippen molar-refractivity contribution in [3.05, 3.63) is 0 Å². The molecular formula is C6H12O2S. The Kier molecular flexibility index (Phi) is 4.81. The molecule has 3 heteroatoms. The zero-order chi connectivity index (χ0) is 7.28. The van der Waals surface area contributed by atoms with Gasteiger partial charge in [-0.3, -0.25) is 4.79 Å². The van der Waals surface area contributed by atoms with Crippen molar-refractivity contribution in [1.82, 2.24) is 0 Å². The molecular weight excluding hydrogens is 136 g/mol. The molecule has 0 heterocycles. The van der Waals surface area contributed by atoms with Gasteiger partial charge < -0.3 is 4.18 Å². The summed E-state index contributed by atoms with van der Waals surface area (Å²) in [4.78, 5) is 10.3. The lowest BCUT2D eigenvalue weighted by atomic mass is 10.2. The van der Waals surface area contributed by atoms with E-state index in [9.17, 15) is 4.79 Å². The van der Waals surface area contributed by atoms with E-state index in [1.54, 1.807) is 0 Å². The van der Waals surface area contributed by atoms with Crippen LogP contribution in [0.25, 0.3) is 0 Å². The Labute approximate surface area is 60.2 Å². The molecule has 0 radical (unpaired) electrons. The van der Waals surface area contributed by atoms with Crippen molar-refractivity contribution in [3.63, 3.8) is 0 Å². The number of rotatable bonds is 3. The molecule has 0 aliphatic rings. The van der Waals surface area contributed by atoms with Gasteiger partial charge in [-0.1, -0.05) is 13.8 Å². The van der Waals surface area contributed by atoms with Crippen molar-refractivity contribution < 1.29 is 8.98 Å². The molecule has 9 heavy (non-hydrogen) atoms. The molecule has 0 rings (SSSR count). The molecule has 2 nitrogen and oxygen atoms in total. The van der Waals surface area contributed by atoms with E-state index in [1.165, 1.54) is 6.92 Å². The summed E-state index contributed by atoms with van der Waals surface area (Å²) in [5.41, 5.74) is 0. The first-order valence-corrected chi connectivity index (χ1v) is 3.67. The van der Waals surface area contributed by atoms with Crippen LogP contribution in [-0.4, -0.2) is 11.7 Å². The maximum absolute atomic E-state index is 10.3. The minimum Gasteiger partial charge on any atom is -0.308 e. The molecule has 0 unspecified atom stereocenters. The van der Waals surface area contributed by atoms with E-state index < -0.39 is 0 Å². The lowest BCUT2D eigenvalue weighted by molar-refractivity contribution is -0.109. The summed E-state index contributed by atoms with van der Waals surface area (Å²) < 4.78 is 4.92. The summed E-state index contributed by atoms with van der Waals surface area (Å²) in [6.07, 6.45) is 0. The third-order valence-corrected chi connectivity index (χ3v) is 1.07. The van der Waals surface area contributed by atoms with Crippen LogP contribution in [0.1, 0.15) is 20.8 Å². The van der Waals surface area contributed by atoms with Crippen molar-refractivity contribution in [3.8, 4) is 0 Å². The minimum absolute atomic E-state index is 0.00986. The number of hydrogen-bond acceptors (Lipinski definition) is 3. The topological polar surface area (TPSA) is 26.3 Å². The second kappa shape index (κ2) is 4.82. The Morgan fingerprint density at radius 3 is 2.56 bits per heavy atom. The third-order valence-electron chi connectivity index (χ3n) is 0.578. The fourth-order valence-electron chi connectivity index (χ4n) is 0.253. The van der Waals surface area contributed by atoms with Crippen LogP contribution in [0.2, 0.25) is 0 Å². The molecule has 0 aromatic rings. The molecule has 0 spiro atoms. The van der Waals surface area contributed by atoms with Crippen molar-refractivity contribution in [1.29, 1.82) is 0 Å². The van der Waals surface area contributed by atoms with Crippen LogP contribution in [0.15, 0.2) is 0 Å². The number of hydrogen-bond donors (Lipinski definition) is 0. The highest BCUT2D eigenvalue weighted by molar-refractivity contribution is 8.09. The molecule has 0 bridgehead atoms. The lowest BCUT2D eigenvalue weighted by Crippen LogP contribution is -1.97. The van der Waals surface area contributed by atoms with Gasteiger partial charge >= 0.3 is 0 Å². The fraction of sp³-hybridized carbons (Fsp3) is 0.833. The highest BCUT2D eigenvalue weighted by Crippen LogP contribution is 2.05. The zero-order valence-corrected chi connectivity index (χ0v) is 6.83. The summed E-state index contributed by atoms with van der Waals surface area (Å²) in [6, 6.07) is 0. The molecule has 0 N–H and O–H groups in total. The van der Waals surface area contributed by atoms with Crippen LogP contribution in [0.4, 0.5) is 0 Å². The van der Waals surface area contributed by atoms with Gasteiger partial charge in [0.15, 0.2) is 0 Å².